The number of carbonyl (C=O) groups is 1. The van der Waals surface area contributed by atoms with Crippen molar-refractivity contribution in [2.45, 2.75) is 26.4 Å². The second-order valence-corrected chi connectivity index (χ2v) is 6.69. The molecule has 0 fully saturated rings. The largest absolute Gasteiger partial charge is 0.496 e. The zero-order chi connectivity index (χ0) is 20.8. The SMILES string of the molecule is COc1ccc(C)cc1C[NH+](C)[C@H](C)C(=O)Nc1cc([N+](=O)[O-])ccc1OC. The van der Waals surface area contributed by atoms with Crippen molar-refractivity contribution in [1.82, 2.24) is 0 Å². The lowest BCUT2D eigenvalue weighted by molar-refractivity contribution is -0.907. The maximum absolute atomic E-state index is 12.7. The number of nitrogens with one attached hydrogen (secondary N) is 2. The van der Waals surface area contributed by atoms with E-state index in [1.165, 1.54) is 25.3 Å². The quantitative estimate of drug-likeness (QED) is 0.532. The van der Waals surface area contributed by atoms with Crippen LogP contribution in [0.15, 0.2) is 36.4 Å². The van der Waals surface area contributed by atoms with E-state index >= 15 is 0 Å². The lowest BCUT2D eigenvalue weighted by Gasteiger charge is -2.22. The fourth-order valence-corrected chi connectivity index (χ4v) is 2.87. The topological polar surface area (TPSA) is 95.1 Å². The van der Waals surface area contributed by atoms with E-state index < -0.39 is 11.0 Å². The molecule has 2 N–H and O–H groups in total. The summed E-state index contributed by atoms with van der Waals surface area (Å²) in [4.78, 5) is 24.2. The highest BCUT2D eigenvalue weighted by molar-refractivity contribution is 5.95. The van der Waals surface area contributed by atoms with Gasteiger partial charge in [0.05, 0.1) is 31.9 Å². The number of rotatable bonds is 8. The highest BCUT2D eigenvalue weighted by Crippen LogP contribution is 2.28. The van der Waals surface area contributed by atoms with Crippen LogP contribution in [0.2, 0.25) is 0 Å². The molecule has 0 aliphatic heterocycles. The number of non-ortho nitro benzene ring substituents is 1. The summed E-state index contributed by atoms with van der Waals surface area (Å²) in [6.45, 7) is 4.39. The van der Waals surface area contributed by atoms with Crippen molar-refractivity contribution in [2.24, 2.45) is 0 Å². The van der Waals surface area contributed by atoms with Crippen LogP contribution in [0.25, 0.3) is 0 Å². The molecule has 150 valence electrons. The number of nitro groups is 1. The van der Waals surface area contributed by atoms with Gasteiger partial charge in [-0.05, 0) is 32.0 Å². The fourth-order valence-electron chi connectivity index (χ4n) is 2.87. The molecule has 0 aromatic heterocycles. The second-order valence-electron chi connectivity index (χ2n) is 6.69. The maximum Gasteiger partial charge on any atom is 0.282 e. The van der Waals surface area contributed by atoms with Crippen LogP contribution in [0.3, 0.4) is 0 Å². The summed E-state index contributed by atoms with van der Waals surface area (Å²) in [5, 5.41) is 13.8. The Morgan fingerprint density at radius 2 is 1.82 bits per heavy atom. The van der Waals surface area contributed by atoms with Gasteiger partial charge in [0.2, 0.25) is 0 Å². The number of aryl methyl sites for hydroxylation is 1. The molecule has 28 heavy (non-hydrogen) atoms. The number of nitro benzene ring substituents is 1. The number of hydrogen-bond acceptors (Lipinski definition) is 5. The van der Waals surface area contributed by atoms with Crippen molar-refractivity contribution in [3.05, 3.63) is 57.6 Å². The van der Waals surface area contributed by atoms with Crippen LogP contribution in [0.5, 0.6) is 11.5 Å². The van der Waals surface area contributed by atoms with Gasteiger partial charge in [0.1, 0.15) is 18.0 Å². The predicted octanol–water partition coefficient (Wildman–Crippen LogP) is 1.96. The number of hydrogen-bond donors (Lipinski definition) is 2. The van der Waals surface area contributed by atoms with Crippen molar-refractivity contribution in [1.29, 1.82) is 0 Å². The molecule has 0 spiro atoms. The summed E-state index contributed by atoms with van der Waals surface area (Å²) in [7, 11) is 4.98. The molecule has 0 heterocycles. The van der Waals surface area contributed by atoms with Gasteiger partial charge >= 0.3 is 0 Å². The van der Waals surface area contributed by atoms with Gasteiger partial charge in [0.25, 0.3) is 11.6 Å². The van der Waals surface area contributed by atoms with Gasteiger partial charge in [-0.2, -0.15) is 0 Å². The molecule has 1 amide bonds. The third-order valence-corrected chi connectivity index (χ3v) is 4.69. The Morgan fingerprint density at radius 3 is 2.43 bits per heavy atom. The first kappa shape index (κ1) is 21.2. The van der Waals surface area contributed by atoms with Gasteiger partial charge in [-0.1, -0.05) is 11.6 Å². The zero-order valence-corrected chi connectivity index (χ0v) is 16.7. The van der Waals surface area contributed by atoms with E-state index in [1.807, 2.05) is 32.2 Å². The molecule has 0 aliphatic carbocycles. The molecule has 0 saturated carbocycles. The van der Waals surface area contributed by atoms with Crippen LogP contribution in [0.1, 0.15) is 18.1 Å². The zero-order valence-electron chi connectivity index (χ0n) is 16.7. The summed E-state index contributed by atoms with van der Waals surface area (Å²) in [6.07, 6.45) is 0. The number of benzene rings is 2. The van der Waals surface area contributed by atoms with E-state index in [1.54, 1.807) is 14.0 Å². The molecular formula is C20H26N3O5+. The lowest BCUT2D eigenvalue weighted by Crippen LogP contribution is -3.12. The first-order chi connectivity index (χ1) is 13.3. The molecule has 8 heteroatoms. The normalized spacial score (nSPS) is 12.8. The molecule has 1 unspecified atom stereocenters. The minimum Gasteiger partial charge on any atom is -0.496 e. The standard InChI is InChI=1S/C20H25N3O5/c1-13-6-8-18(27-4)15(10-13)12-22(3)14(2)20(24)21-17-11-16(23(25)26)7-9-19(17)28-5/h6-11,14H,12H2,1-5H3,(H,21,24)/p+1/t14-/m1/s1. The highest BCUT2D eigenvalue weighted by Gasteiger charge is 2.25. The predicted molar refractivity (Wildman–Crippen MR) is 106 cm³/mol. The summed E-state index contributed by atoms with van der Waals surface area (Å²) in [5.74, 6) is 0.880. The molecule has 2 aromatic carbocycles. The molecule has 2 aromatic rings. The van der Waals surface area contributed by atoms with Crippen LogP contribution in [0.4, 0.5) is 11.4 Å². The number of nitrogens with zero attached hydrogens (tertiary/aromatic N) is 1. The van der Waals surface area contributed by atoms with Crippen molar-refractivity contribution < 1.29 is 24.1 Å². The molecule has 0 aliphatic rings. The molecule has 0 saturated heterocycles. The molecule has 0 radical (unpaired) electrons. The Hall–Kier alpha value is -3.13. The van der Waals surface area contributed by atoms with Crippen LogP contribution < -0.4 is 19.7 Å². The summed E-state index contributed by atoms with van der Waals surface area (Å²) >= 11 is 0. The number of quaternary nitrogens is 1. The Balaban J connectivity index is 2.15. The monoisotopic (exact) mass is 388 g/mol. The van der Waals surface area contributed by atoms with E-state index in [-0.39, 0.29) is 17.3 Å². The minimum atomic E-state index is -0.514. The van der Waals surface area contributed by atoms with Crippen LogP contribution in [-0.4, -0.2) is 38.1 Å². The maximum atomic E-state index is 12.7. The number of amides is 1. The summed E-state index contributed by atoms with van der Waals surface area (Å²) in [5.41, 5.74) is 2.28. The van der Waals surface area contributed by atoms with Crippen molar-refractivity contribution >= 4 is 17.3 Å². The Morgan fingerprint density at radius 1 is 1.18 bits per heavy atom. The summed E-state index contributed by atoms with van der Waals surface area (Å²) in [6, 6.07) is 9.61. The molecule has 8 nitrogen and oxygen atoms in total. The number of methoxy groups -OCH3 is 2. The van der Waals surface area contributed by atoms with Crippen LogP contribution in [-0.2, 0) is 11.3 Å². The van der Waals surface area contributed by atoms with Gasteiger partial charge in [-0.25, -0.2) is 0 Å². The number of carbonyl (C=O) groups excluding carboxylic acids is 1. The number of likely N-dealkylation sites (N-methyl/N-ethyl adjacent to an activating group) is 1. The van der Waals surface area contributed by atoms with Crippen molar-refractivity contribution in [3.63, 3.8) is 0 Å². The van der Waals surface area contributed by atoms with E-state index in [0.29, 0.717) is 12.3 Å². The molecule has 0 bridgehead atoms. The highest BCUT2D eigenvalue weighted by atomic mass is 16.6. The minimum absolute atomic E-state index is 0.117. The first-order valence-corrected chi connectivity index (χ1v) is 8.86. The Labute approximate surface area is 164 Å². The van der Waals surface area contributed by atoms with Crippen LogP contribution >= 0.6 is 0 Å². The van der Waals surface area contributed by atoms with Crippen LogP contribution in [0, 0.1) is 17.0 Å². The smallest absolute Gasteiger partial charge is 0.282 e. The average Bonchev–Trinajstić information content (AvgIpc) is 2.67. The Kier molecular flexibility index (Phi) is 6.94. The van der Waals surface area contributed by atoms with Crippen molar-refractivity contribution in [2.75, 3.05) is 26.6 Å². The third kappa shape index (κ3) is 4.98. The first-order valence-electron chi connectivity index (χ1n) is 8.86. The van der Waals surface area contributed by atoms with Gasteiger partial charge in [-0.3, -0.25) is 14.9 Å². The molecule has 2 rings (SSSR count). The molecular weight excluding hydrogens is 362 g/mol. The van der Waals surface area contributed by atoms with Gasteiger partial charge in [0, 0.05) is 17.7 Å². The summed E-state index contributed by atoms with van der Waals surface area (Å²) < 4.78 is 10.6. The van der Waals surface area contributed by atoms with E-state index in [4.69, 9.17) is 9.47 Å². The second kappa shape index (κ2) is 9.18. The Bertz CT molecular complexity index is 869. The van der Waals surface area contributed by atoms with Gasteiger partial charge in [0.15, 0.2) is 6.04 Å². The number of anilines is 1. The van der Waals surface area contributed by atoms with E-state index in [0.717, 1.165) is 21.8 Å². The number of ether oxygens (including phenoxy) is 2. The van der Waals surface area contributed by atoms with Crippen molar-refractivity contribution in [3.8, 4) is 11.5 Å². The third-order valence-electron chi connectivity index (χ3n) is 4.69. The fraction of sp³-hybridized carbons (Fsp3) is 0.350. The van der Waals surface area contributed by atoms with E-state index in [2.05, 4.69) is 5.32 Å². The van der Waals surface area contributed by atoms with Gasteiger partial charge < -0.3 is 19.7 Å². The van der Waals surface area contributed by atoms with E-state index in [9.17, 15) is 14.9 Å². The van der Waals surface area contributed by atoms with Gasteiger partial charge in [-0.15, -0.1) is 0 Å². The molecule has 2 atom stereocenters. The average molecular weight is 388 g/mol. The lowest BCUT2D eigenvalue weighted by atomic mass is 10.1.